The first-order valence-electron chi connectivity index (χ1n) is 4.46. The zero-order valence-corrected chi connectivity index (χ0v) is 7.42. The van der Waals surface area contributed by atoms with E-state index in [1.165, 1.54) is 11.1 Å². The first kappa shape index (κ1) is 8.53. The predicted octanol–water partition coefficient (Wildman–Crippen LogP) is 0.661. The second kappa shape index (κ2) is 3.77. The van der Waals surface area contributed by atoms with Gasteiger partial charge in [-0.1, -0.05) is 12.1 Å². The predicted molar refractivity (Wildman–Crippen MR) is 49.6 cm³/mol. The van der Waals surface area contributed by atoms with Crippen molar-refractivity contribution in [1.29, 1.82) is 0 Å². The molecule has 0 atom stereocenters. The molecule has 0 spiro atoms. The molecule has 0 amide bonds. The normalized spacial score (nSPS) is 13.9. The Morgan fingerprint density at radius 1 is 1.46 bits per heavy atom. The molecule has 0 saturated heterocycles. The molecule has 3 nitrogen and oxygen atoms in total. The molecule has 0 aromatic heterocycles. The maximum absolute atomic E-state index is 8.59. The van der Waals surface area contributed by atoms with E-state index in [0.717, 1.165) is 18.8 Å². The van der Waals surface area contributed by atoms with Gasteiger partial charge < -0.3 is 9.84 Å². The monoisotopic (exact) mass is 179 g/mol. The summed E-state index contributed by atoms with van der Waals surface area (Å²) in [6, 6.07) is 6.15. The molecular formula is C10H13NO2. The van der Waals surface area contributed by atoms with Gasteiger partial charge in [0.2, 0.25) is 0 Å². The third-order valence-electron chi connectivity index (χ3n) is 2.19. The Balaban J connectivity index is 2.12. The fourth-order valence-electron chi connectivity index (χ4n) is 1.55. The van der Waals surface area contributed by atoms with E-state index in [1.807, 2.05) is 12.1 Å². The van der Waals surface area contributed by atoms with Gasteiger partial charge in [0.05, 0.1) is 13.3 Å². The van der Waals surface area contributed by atoms with Gasteiger partial charge in [-0.3, -0.25) is 5.32 Å². The van der Waals surface area contributed by atoms with Crippen molar-refractivity contribution in [3.05, 3.63) is 29.3 Å². The Kier molecular flexibility index (Phi) is 2.47. The zero-order valence-electron chi connectivity index (χ0n) is 7.42. The van der Waals surface area contributed by atoms with Crippen LogP contribution < -0.4 is 10.1 Å². The SMILES string of the molecule is OCNCc1ccc2c(c1)CCO2. The van der Waals surface area contributed by atoms with E-state index >= 15 is 0 Å². The van der Waals surface area contributed by atoms with Gasteiger partial charge in [0, 0.05) is 13.0 Å². The van der Waals surface area contributed by atoms with Crippen molar-refractivity contribution in [2.45, 2.75) is 13.0 Å². The third-order valence-corrected chi connectivity index (χ3v) is 2.19. The first-order valence-corrected chi connectivity index (χ1v) is 4.46. The van der Waals surface area contributed by atoms with Crippen molar-refractivity contribution < 1.29 is 9.84 Å². The number of fused-ring (bicyclic) bond motifs is 1. The lowest BCUT2D eigenvalue weighted by atomic mass is 10.1. The quantitative estimate of drug-likeness (QED) is 0.670. The van der Waals surface area contributed by atoms with Gasteiger partial charge in [-0.05, 0) is 17.2 Å². The number of benzene rings is 1. The summed E-state index contributed by atoms with van der Waals surface area (Å²) in [5.74, 6) is 1.01. The van der Waals surface area contributed by atoms with Crippen LogP contribution in [0.25, 0.3) is 0 Å². The summed E-state index contributed by atoms with van der Waals surface area (Å²) in [4.78, 5) is 0. The van der Waals surface area contributed by atoms with Crippen LogP contribution in [-0.4, -0.2) is 18.4 Å². The molecule has 2 N–H and O–H groups in total. The minimum atomic E-state index is 0.0214. The molecule has 1 aromatic carbocycles. The third kappa shape index (κ3) is 1.82. The molecule has 70 valence electrons. The molecule has 3 heteroatoms. The second-order valence-electron chi connectivity index (χ2n) is 3.13. The van der Waals surface area contributed by atoms with Crippen LogP contribution in [0.4, 0.5) is 0 Å². The van der Waals surface area contributed by atoms with Crippen LogP contribution in [0.2, 0.25) is 0 Å². The number of rotatable bonds is 3. The van der Waals surface area contributed by atoms with Crippen molar-refractivity contribution in [3.8, 4) is 5.75 Å². The average Bonchev–Trinajstić information content (AvgIpc) is 2.61. The van der Waals surface area contributed by atoms with Gasteiger partial charge in [0.1, 0.15) is 5.75 Å². The Bertz CT molecular complexity index is 299. The number of aliphatic hydroxyl groups is 1. The van der Waals surface area contributed by atoms with Crippen molar-refractivity contribution >= 4 is 0 Å². The van der Waals surface area contributed by atoms with Gasteiger partial charge in [0.25, 0.3) is 0 Å². The molecule has 1 aliphatic rings. The topological polar surface area (TPSA) is 41.5 Å². The van der Waals surface area contributed by atoms with Crippen LogP contribution in [0.3, 0.4) is 0 Å². The maximum atomic E-state index is 8.59. The first-order chi connectivity index (χ1) is 6.40. The zero-order chi connectivity index (χ0) is 9.10. The Morgan fingerprint density at radius 3 is 3.23 bits per heavy atom. The Morgan fingerprint density at radius 2 is 2.38 bits per heavy atom. The van der Waals surface area contributed by atoms with E-state index in [2.05, 4.69) is 11.4 Å². The molecule has 0 saturated carbocycles. The number of hydrogen-bond acceptors (Lipinski definition) is 3. The summed E-state index contributed by atoms with van der Waals surface area (Å²) >= 11 is 0. The Labute approximate surface area is 77.3 Å². The summed E-state index contributed by atoms with van der Waals surface area (Å²) in [6.45, 7) is 1.53. The molecule has 0 aliphatic carbocycles. The van der Waals surface area contributed by atoms with E-state index in [9.17, 15) is 0 Å². The van der Waals surface area contributed by atoms with E-state index in [1.54, 1.807) is 0 Å². The molecule has 1 aromatic rings. The summed E-state index contributed by atoms with van der Waals surface area (Å²) < 4.78 is 5.39. The largest absolute Gasteiger partial charge is 0.493 e. The highest BCUT2D eigenvalue weighted by atomic mass is 16.5. The summed E-state index contributed by atoms with van der Waals surface area (Å²) in [5.41, 5.74) is 2.47. The molecule has 0 unspecified atom stereocenters. The molecule has 0 bridgehead atoms. The number of ether oxygens (including phenoxy) is 1. The van der Waals surface area contributed by atoms with Crippen LogP contribution in [0, 0.1) is 0 Å². The number of aliphatic hydroxyl groups excluding tert-OH is 1. The van der Waals surface area contributed by atoms with Crippen molar-refractivity contribution in [2.24, 2.45) is 0 Å². The fraction of sp³-hybridized carbons (Fsp3) is 0.400. The fourth-order valence-corrected chi connectivity index (χ4v) is 1.55. The summed E-state index contributed by atoms with van der Waals surface area (Å²) in [5, 5.41) is 11.5. The van der Waals surface area contributed by atoms with E-state index in [4.69, 9.17) is 9.84 Å². The van der Waals surface area contributed by atoms with Gasteiger partial charge in [0.15, 0.2) is 0 Å². The van der Waals surface area contributed by atoms with Crippen molar-refractivity contribution in [3.63, 3.8) is 0 Å². The highest BCUT2D eigenvalue weighted by molar-refractivity contribution is 5.39. The molecular weight excluding hydrogens is 166 g/mol. The molecule has 0 radical (unpaired) electrons. The minimum absolute atomic E-state index is 0.0214. The molecule has 0 fully saturated rings. The van der Waals surface area contributed by atoms with Crippen LogP contribution in [-0.2, 0) is 13.0 Å². The Hall–Kier alpha value is -1.06. The van der Waals surface area contributed by atoms with Gasteiger partial charge in [-0.25, -0.2) is 0 Å². The number of nitrogens with one attached hydrogen (secondary N) is 1. The van der Waals surface area contributed by atoms with E-state index in [0.29, 0.717) is 6.54 Å². The second-order valence-corrected chi connectivity index (χ2v) is 3.13. The van der Waals surface area contributed by atoms with Crippen molar-refractivity contribution in [2.75, 3.05) is 13.3 Å². The van der Waals surface area contributed by atoms with Gasteiger partial charge >= 0.3 is 0 Å². The maximum Gasteiger partial charge on any atom is 0.122 e. The lowest BCUT2D eigenvalue weighted by molar-refractivity contribution is 0.259. The molecule has 13 heavy (non-hydrogen) atoms. The number of hydrogen-bond donors (Lipinski definition) is 2. The van der Waals surface area contributed by atoms with Crippen molar-refractivity contribution in [1.82, 2.24) is 5.32 Å². The summed E-state index contributed by atoms with van der Waals surface area (Å²) in [7, 11) is 0. The standard InChI is InChI=1S/C10H13NO2/c12-7-11-6-8-1-2-10-9(5-8)3-4-13-10/h1-2,5,11-12H,3-4,6-7H2. The van der Waals surface area contributed by atoms with Gasteiger partial charge in [-0.2, -0.15) is 0 Å². The van der Waals surface area contributed by atoms with Gasteiger partial charge in [-0.15, -0.1) is 0 Å². The lowest BCUT2D eigenvalue weighted by Crippen LogP contribution is -2.13. The molecule has 2 rings (SSSR count). The average molecular weight is 179 g/mol. The molecule has 1 heterocycles. The smallest absolute Gasteiger partial charge is 0.122 e. The summed E-state index contributed by atoms with van der Waals surface area (Å²) in [6.07, 6.45) is 1.00. The lowest BCUT2D eigenvalue weighted by Gasteiger charge is -2.03. The van der Waals surface area contributed by atoms with Crippen LogP contribution >= 0.6 is 0 Å². The van der Waals surface area contributed by atoms with Crippen LogP contribution in [0.5, 0.6) is 5.75 Å². The van der Waals surface area contributed by atoms with Crippen LogP contribution in [0.15, 0.2) is 18.2 Å². The van der Waals surface area contributed by atoms with E-state index < -0.39 is 0 Å². The highest BCUT2D eigenvalue weighted by Crippen LogP contribution is 2.25. The molecule has 1 aliphatic heterocycles. The highest BCUT2D eigenvalue weighted by Gasteiger charge is 2.11. The van der Waals surface area contributed by atoms with Crippen LogP contribution in [0.1, 0.15) is 11.1 Å². The minimum Gasteiger partial charge on any atom is -0.493 e. The van der Waals surface area contributed by atoms with E-state index in [-0.39, 0.29) is 6.73 Å².